The number of benzene rings is 1. The number of rotatable bonds is 6. The fourth-order valence-electron chi connectivity index (χ4n) is 3.13. The topological polar surface area (TPSA) is 94.4 Å². The first-order valence-corrected chi connectivity index (χ1v) is 9.41. The van der Waals surface area contributed by atoms with Crippen LogP contribution in [0.1, 0.15) is 24.1 Å². The number of amides is 1. The molecule has 0 atom stereocenters. The van der Waals surface area contributed by atoms with Crippen molar-refractivity contribution in [2.24, 2.45) is 0 Å². The number of nitrogens with one attached hydrogen (secondary N) is 1. The van der Waals surface area contributed by atoms with Gasteiger partial charge in [-0.1, -0.05) is 31.2 Å². The van der Waals surface area contributed by atoms with Crippen molar-refractivity contribution in [2.45, 2.75) is 33.4 Å². The minimum atomic E-state index is -0.368. The van der Waals surface area contributed by atoms with Gasteiger partial charge in [-0.15, -0.1) is 0 Å². The first-order valence-electron chi connectivity index (χ1n) is 9.41. The van der Waals surface area contributed by atoms with Crippen LogP contribution in [0.2, 0.25) is 0 Å². The number of furan rings is 1. The van der Waals surface area contributed by atoms with Crippen LogP contribution in [0.15, 0.2) is 57.9 Å². The summed E-state index contributed by atoms with van der Waals surface area (Å²) in [6.07, 6.45) is 2.50. The minimum Gasteiger partial charge on any atom is -0.467 e. The van der Waals surface area contributed by atoms with Crippen LogP contribution in [0.3, 0.4) is 0 Å². The van der Waals surface area contributed by atoms with Gasteiger partial charge in [-0.25, -0.2) is 9.20 Å². The second kappa shape index (κ2) is 7.75. The van der Waals surface area contributed by atoms with Crippen molar-refractivity contribution >= 4 is 11.4 Å². The van der Waals surface area contributed by atoms with Crippen LogP contribution in [0.25, 0.3) is 16.8 Å². The predicted molar refractivity (Wildman–Crippen MR) is 107 cm³/mol. The number of aromatic nitrogens is 4. The molecule has 0 saturated carbocycles. The summed E-state index contributed by atoms with van der Waals surface area (Å²) in [5.41, 5.74) is 2.86. The maximum absolute atomic E-state index is 12.8. The lowest BCUT2D eigenvalue weighted by atomic mass is 10.1. The lowest BCUT2D eigenvalue weighted by Crippen LogP contribution is -2.34. The number of hydrogen-bond acceptors (Lipinski definition) is 5. The maximum atomic E-state index is 12.8. The standard InChI is InChI=1S/C21H21N5O3/c1-3-15-6-8-16(9-7-15)18-11-19-21(28)25(23-14(2)26(19)24-18)13-20(27)22-12-17-5-4-10-29-17/h4-11H,3,12-13H2,1-2H3,(H,22,27). The summed E-state index contributed by atoms with van der Waals surface area (Å²) in [5.74, 6) is 0.837. The molecule has 29 heavy (non-hydrogen) atoms. The van der Waals surface area contributed by atoms with Gasteiger partial charge >= 0.3 is 0 Å². The summed E-state index contributed by atoms with van der Waals surface area (Å²) in [6.45, 7) is 3.93. The molecule has 1 N–H and O–H groups in total. The molecule has 0 saturated heterocycles. The summed E-state index contributed by atoms with van der Waals surface area (Å²) in [4.78, 5) is 25.1. The number of carbonyl (C=O) groups excluding carboxylic acids is 1. The first-order chi connectivity index (χ1) is 14.0. The molecule has 3 heterocycles. The highest BCUT2D eigenvalue weighted by molar-refractivity contribution is 5.75. The Kier molecular flexibility index (Phi) is 4.99. The van der Waals surface area contributed by atoms with Gasteiger partial charge in [-0.2, -0.15) is 10.2 Å². The molecule has 1 aromatic carbocycles. The van der Waals surface area contributed by atoms with Gasteiger partial charge in [0.05, 0.1) is 18.5 Å². The average Bonchev–Trinajstić information content (AvgIpc) is 3.41. The van der Waals surface area contributed by atoms with Crippen LogP contribution >= 0.6 is 0 Å². The Bertz CT molecular complexity index is 1200. The van der Waals surface area contributed by atoms with Crippen molar-refractivity contribution in [1.82, 2.24) is 24.7 Å². The van der Waals surface area contributed by atoms with Crippen molar-refractivity contribution in [3.8, 4) is 11.3 Å². The van der Waals surface area contributed by atoms with Gasteiger partial charge in [0.2, 0.25) is 5.91 Å². The van der Waals surface area contributed by atoms with Crippen LogP contribution in [-0.4, -0.2) is 25.3 Å². The fraction of sp³-hybridized carbons (Fsp3) is 0.238. The Morgan fingerprint density at radius 3 is 2.66 bits per heavy atom. The fourth-order valence-corrected chi connectivity index (χ4v) is 3.13. The Labute approximate surface area is 166 Å². The number of aryl methyl sites for hydroxylation is 2. The van der Waals surface area contributed by atoms with E-state index in [-0.39, 0.29) is 24.6 Å². The quantitative estimate of drug-likeness (QED) is 0.544. The summed E-state index contributed by atoms with van der Waals surface area (Å²) < 4.78 is 7.86. The zero-order valence-electron chi connectivity index (χ0n) is 16.3. The normalized spacial score (nSPS) is 11.1. The second-order valence-corrected chi connectivity index (χ2v) is 6.74. The molecule has 148 valence electrons. The van der Waals surface area contributed by atoms with Gasteiger partial charge in [0.25, 0.3) is 5.56 Å². The lowest BCUT2D eigenvalue weighted by molar-refractivity contribution is -0.122. The van der Waals surface area contributed by atoms with Crippen molar-refractivity contribution in [3.63, 3.8) is 0 Å². The summed E-state index contributed by atoms with van der Waals surface area (Å²) in [7, 11) is 0. The number of nitrogens with zero attached hydrogens (tertiary/aromatic N) is 4. The monoisotopic (exact) mass is 391 g/mol. The summed E-state index contributed by atoms with van der Waals surface area (Å²) in [5, 5.41) is 11.5. The Balaban J connectivity index is 1.60. The number of carbonyl (C=O) groups is 1. The van der Waals surface area contributed by atoms with E-state index in [1.54, 1.807) is 25.1 Å². The van der Waals surface area contributed by atoms with E-state index >= 15 is 0 Å². The average molecular weight is 391 g/mol. The lowest BCUT2D eigenvalue weighted by Gasteiger charge is -2.07. The molecule has 0 spiro atoms. The molecule has 3 aromatic heterocycles. The van der Waals surface area contributed by atoms with Gasteiger partial charge < -0.3 is 9.73 Å². The predicted octanol–water partition coefficient (Wildman–Crippen LogP) is 2.34. The Morgan fingerprint density at radius 1 is 1.17 bits per heavy atom. The smallest absolute Gasteiger partial charge is 0.293 e. The zero-order valence-corrected chi connectivity index (χ0v) is 16.3. The van der Waals surface area contributed by atoms with Gasteiger partial charge in [-0.05, 0) is 37.1 Å². The van der Waals surface area contributed by atoms with Crippen molar-refractivity contribution in [1.29, 1.82) is 0 Å². The molecule has 8 heteroatoms. The number of fused-ring (bicyclic) bond motifs is 1. The third kappa shape index (κ3) is 3.82. The number of hydrogen-bond donors (Lipinski definition) is 1. The van der Waals surface area contributed by atoms with Crippen LogP contribution < -0.4 is 10.9 Å². The highest BCUT2D eigenvalue weighted by Gasteiger charge is 2.15. The molecule has 4 aromatic rings. The van der Waals surface area contributed by atoms with Gasteiger partial charge in [0.15, 0.2) is 0 Å². The van der Waals surface area contributed by atoms with E-state index in [1.165, 1.54) is 16.3 Å². The Morgan fingerprint density at radius 2 is 1.97 bits per heavy atom. The summed E-state index contributed by atoms with van der Waals surface area (Å²) >= 11 is 0. The molecule has 0 radical (unpaired) electrons. The third-order valence-corrected chi connectivity index (χ3v) is 4.73. The molecular weight excluding hydrogens is 370 g/mol. The van der Waals surface area contributed by atoms with Gasteiger partial charge in [0.1, 0.15) is 23.6 Å². The van der Waals surface area contributed by atoms with E-state index < -0.39 is 0 Å². The van der Waals surface area contributed by atoms with E-state index in [4.69, 9.17) is 4.42 Å². The SMILES string of the molecule is CCc1ccc(-c2cc3c(=O)n(CC(=O)NCc4ccco4)nc(C)n3n2)cc1. The molecule has 0 bridgehead atoms. The molecule has 0 aliphatic carbocycles. The Hall–Kier alpha value is -3.68. The largest absolute Gasteiger partial charge is 0.467 e. The van der Waals surface area contributed by atoms with E-state index in [9.17, 15) is 9.59 Å². The van der Waals surface area contributed by atoms with Crippen LogP contribution in [0, 0.1) is 6.92 Å². The van der Waals surface area contributed by atoms with E-state index in [1.807, 2.05) is 24.3 Å². The van der Waals surface area contributed by atoms with Crippen molar-refractivity contribution < 1.29 is 9.21 Å². The minimum absolute atomic E-state index is 0.178. The molecule has 0 fully saturated rings. The van der Waals surface area contributed by atoms with Gasteiger partial charge in [0, 0.05) is 5.56 Å². The molecule has 0 aliphatic rings. The molecule has 0 unspecified atom stereocenters. The second-order valence-electron chi connectivity index (χ2n) is 6.74. The highest BCUT2D eigenvalue weighted by atomic mass is 16.3. The third-order valence-electron chi connectivity index (χ3n) is 4.73. The molecule has 8 nitrogen and oxygen atoms in total. The van der Waals surface area contributed by atoms with Crippen LogP contribution in [0.5, 0.6) is 0 Å². The van der Waals surface area contributed by atoms with Crippen LogP contribution in [0.4, 0.5) is 0 Å². The maximum Gasteiger partial charge on any atom is 0.293 e. The van der Waals surface area contributed by atoms with Crippen molar-refractivity contribution in [3.05, 3.63) is 76.2 Å². The first kappa shape index (κ1) is 18.7. The molecular formula is C21H21N5O3. The highest BCUT2D eigenvalue weighted by Crippen LogP contribution is 2.19. The van der Waals surface area contributed by atoms with E-state index in [2.05, 4.69) is 22.4 Å². The molecule has 1 amide bonds. The van der Waals surface area contributed by atoms with E-state index in [0.29, 0.717) is 22.8 Å². The summed E-state index contributed by atoms with van der Waals surface area (Å²) in [6, 6.07) is 13.3. The molecule has 0 aliphatic heterocycles. The van der Waals surface area contributed by atoms with Crippen LogP contribution in [-0.2, 0) is 24.3 Å². The van der Waals surface area contributed by atoms with E-state index in [0.717, 1.165) is 16.7 Å². The zero-order chi connectivity index (χ0) is 20.4. The molecule has 4 rings (SSSR count). The van der Waals surface area contributed by atoms with Crippen molar-refractivity contribution in [2.75, 3.05) is 0 Å². The van der Waals surface area contributed by atoms with Gasteiger partial charge in [-0.3, -0.25) is 9.59 Å².